The molecule has 0 aliphatic heterocycles. The zero-order chi connectivity index (χ0) is 42.7. The van der Waals surface area contributed by atoms with Gasteiger partial charge in [0.25, 0.3) is 0 Å². The third kappa shape index (κ3) is 17.4. The van der Waals surface area contributed by atoms with Gasteiger partial charge in [-0.05, 0) is 41.7 Å². The Bertz CT molecular complexity index is 1420. The Hall–Kier alpha value is -3.47. The molecule has 2 rings (SSSR count). The summed E-state index contributed by atoms with van der Waals surface area (Å²) in [5, 5.41) is 84.3. The van der Waals surface area contributed by atoms with E-state index >= 15 is 0 Å². The van der Waals surface area contributed by atoms with Crippen molar-refractivity contribution in [1.82, 2.24) is 15.7 Å². The molecular weight excluding hydrogens is 745 g/mol. The third-order valence-electron chi connectivity index (χ3n) is 10.6. The highest BCUT2D eigenvalue weighted by molar-refractivity contribution is 5.80. The fraction of sp³-hybridized carbons (Fsp3) is 0.659. The summed E-state index contributed by atoms with van der Waals surface area (Å²) >= 11 is 0. The van der Waals surface area contributed by atoms with Crippen LogP contribution in [0.25, 0.3) is 0 Å². The van der Waals surface area contributed by atoms with Crippen LogP contribution in [0.15, 0.2) is 48.5 Å². The summed E-state index contributed by atoms with van der Waals surface area (Å²) in [5.74, 6) is -0.262. The lowest BCUT2D eigenvalue weighted by Gasteiger charge is -2.39. The first-order valence-electron chi connectivity index (χ1n) is 21.2. The number of hydrogen-bond donors (Lipinski definition) is 7. The Kier molecular flexibility index (Phi) is 25.2. The first kappa shape index (κ1) is 50.7. The van der Waals surface area contributed by atoms with E-state index in [-0.39, 0.29) is 35.3 Å². The minimum Gasteiger partial charge on any atom is -0.623 e. The van der Waals surface area contributed by atoms with E-state index in [0.29, 0.717) is 29.0 Å². The standard InChI is InChI=1S/C44H71N4O10/c1-3-5-7-9-11-13-15-25-45-40(54)27-36-17-19-38(20-18-36)29-47(56)44(33-52,34-53)35-58-42(48(57)43(30-49,31-50)32-51)39-23-21-37(22-24-39)28-41(55)46-26-16-14-12-10-8-6-4-2/h17-24,29,42,49-53H,3-16,25-28,30-35H2,1-2H3,(H,45,54)(H,46,55)/b47-29-. The Morgan fingerprint density at radius 1 is 0.672 bits per heavy atom. The normalized spacial score (nSPS) is 12.9. The molecule has 0 saturated carbocycles. The molecule has 1 unspecified atom stereocenters. The van der Waals surface area contributed by atoms with Crippen LogP contribution in [0.1, 0.15) is 132 Å². The molecule has 0 saturated heterocycles. The lowest BCUT2D eigenvalue weighted by atomic mass is 10.00. The molecule has 0 aromatic heterocycles. The number of hydroxylamine groups is 3. The summed E-state index contributed by atoms with van der Waals surface area (Å²) < 4.78 is 6.28. The number of aliphatic hydroxyl groups excluding tert-OH is 5. The monoisotopic (exact) mass is 816 g/mol. The second-order valence-electron chi connectivity index (χ2n) is 15.5. The molecule has 327 valence electrons. The van der Waals surface area contributed by atoms with Gasteiger partial charge in [0.15, 0.2) is 12.4 Å². The number of nitrogens with zero attached hydrogens (tertiary/aromatic N) is 2. The summed E-state index contributed by atoms with van der Waals surface area (Å²) in [6, 6.07) is 12.9. The van der Waals surface area contributed by atoms with E-state index in [2.05, 4.69) is 24.5 Å². The van der Waals surface area contributed by atoms with Crippen LogP contribution >= 0.6 is 0 Å². The second-order valence-corrected chi connectivity index (χ2v) is 15.5. The van der Waals surface area contributed by atoms with E-state index in [1.54, 1.807) is 36.4 Å². The van der Waals surface area contributed by atoms with Gasteiger partial charge in [-0.2, -0.15) is 4.74 Å². The van der Waals surface area contributed by atoms with E-state index in [9.17, 15) is 45.5 Å². The molecule has 1 radical (unpaired) electrons. The van der Waals surface area contributed by atoms with Crippen LogP contribution in [0, 0.1) is 5.21 Å². The predicted octanol–water partition coefficient (Wildman–Crippen LogP) is 4.24. The van der Waals surface area contributed by atoms with Crippen molar-refractivity contribution in [2.45, 2.75) is 134 Å². The molecule has 0 aliphatic rings. The van der Waals surface area contributed by atoms with Crippen LogP contribution in [-0.4, -0.2) is 117 Å². The maximum absolute atomic E-state index is 13.8. The van der Waals surface area contributed by atoms with Gasteiger partial charge in [-0.15, -0.1) is 10.3 Å². The van der Waals surface area contributed by atoms with Gasteiger partial charge in [-0.25, -0.2) is 0 Å². The van der Waals surface area contributed by atoms with Crippen molar-refractivity contribution >= 4 is 18.0 Å². The van der Waals surface area contributed by atoms with Crippen molar-refractivity contribution in [2.24, 2.45) is 0 Å². The van der Waals surface area contributed by atoms with Crippen LogP contribution in [0.4, 0.5) is 0 Å². The number of unbranched alkanes of at least 4 members (excludes halogenated alkanes) is 12. The van der Waals surface area contributed by atoms with E-state index in [0.717, 1.165) is 50.3 Å². The Labute approximate surface area is 345 Å². The molecular formula is C44H71N4O10. The molecule has 0 heterocycles. The van der Waals surface area contributed by atoms with Gasteiger partial charge in [0.2, 0.25) is 17.4 Å². The largest absolute Gasteiger partial charge is 0.623 e. The summed E-state index contributed by atoms with van der Waals surface area (Å²) in [5.41, 5.74) is -2.07. The van der Waals surface area contributed by atoms with Gasteiger partial charge in [-0.1, -0.05) is 127 Å². The van der Waals surface area contributed by atoms with Crippen molar-refractivity contribution in [2.75, 3.05) is 52.7 Å². The summed E-state index contributed by atoms with van der Waals surface area (Å²) in [6.07, 6.45) is 15.8. The topological polar surface area (TPSA) is 218 Å². The molecule has 14 nitrogen and oxygen atoms in total. The minimum atomic E-state index is -2.09. The maximum atomic E-state index is 13.8. The predicted molar refractivity (Wildman–Crippen MR) is 223 cm³/mol. The number of rotatable bonds is 33. The van der Waals surface area contributed by atoms with Crippen molar-refractivity contribution in [3.63, 3.8) is 0 Å². The van der Waals surface area contributed by atoms with Gasteiger partial charge in [0.05, 0.1) is 32.7 Å². The molecule has 14 heteroatoms. The third-order valence-corrected chi connectivity index (χ3v) is 10.6. The Morgan fingerprint density at radius 2 is 1.09 bits per heavy atom. The zero-order valence-electron chi connectivity index (χ0n) is 34.9. The van der Waals surface area contributed by atoms with Crippen molar-refractivity contribution in [3.05, 3.63) is 76.0 Å². The SMILES string of the molecule is CCCCCCCCCNC(=O)Cc1ccc(/C=[N+](\[O-])C(CO)(CO)COC(c2ccc(CC(=O)NCCCCCCCCC)cc2)N([O])C(CO)(CO)CO)cc1. The van der Waals surface area contributed by atoms with Gasteiger partial charge in [0, 0.05) is 18.7 Å². The molecule has 2 aromatic rings. The number of nitrogens with one attached hydrogen (secondary N) is 2. The molecule has 0 spiro atoms. The molecule has 0 aliphatic carbocycles. The average Bonchev–Trinajstić information content (AvgIpc) is 3.23. The number of aliphatic hydroxyl groups is 5. The fourth-order valence-corrected chi connectivity index (χ4v) is 6.40. The molecule has 1 atom stereocenters. The van der Waals surface area contributed by atoms with E-state index in [1.807, 2.05) is 0 Å². The van der Waals surface area contributed by atoms with Crippen LogP contribution in [-0.2, 0) is 32.4 Å². The number of ether oxygens (including phenoxy) is 1. The Balaban J connectivity index is 2.11. The van der Waals surface area contributed by atoms with E-state index in [1.165, 1.54) is 63.5 Å². The van der Waals surface area contributed by atoms with E-state index in [4.69, 9.17) is 4.74 Å². The van der Waals surface area contributed by atoms with Crippen LogP contribution in [0.2, 0.25) is 0 Å². The molecule has 0 fully saturated rings. The molecule has 2 amide bonds. The van der Waals surface area contributed by atoms with Crippen molar-refractivity contribution in [3.8, 4) is 0 Å². The first-order chi connectivity index (χ1) is 28.1. The lowest BCUT2D eigenvalue weighted by molar-refractivity contribution is -0.561. The second kappa shape index (κ2) is 28.9. The fourth-order valence-electron chi connectivity index (χ4n) is 6.40. The molecule has 58 heavy (non-hydrogen) atoms. The van der Waals surface area contributed by atoms with Crippen molar-refractivity contribution < 1.29 is 49.8 Å². The number of hydrogen-bond acceptors (Lipinski definition) is 10. The maximum Gasteiger partial charge on any atom is 0.241 e. The van der Waals surface area contributed by atoms with Crippen LogP contribution < -0.4 is 10.6 Å². The quantitative estimate of drug-likeness (QED) is 0.0136. The minimum absolute atomic E-state index is 0.0872. The number of benzene rings is 2. The van der Waals surface area contributed by atoms with Gasteiger partial charge >= 0.3 is 0 Å². The highest BCUT2D eigenvalue weighted by Gasteiger charge is 2.45. The number of amides is 2. The highest BCUT2D eigenvalue weighted by Crippen LogP contribution is 2.30. The summed E-state index contributed by atoms with van der Waals surface area (Å²) in [4.78, 5) is 25.1. The summed E-state index contributed by atoms with van der Waals surface area (Å²) in [7, 11) is 0. The zero-order valence-corrected chi connectivity index (χ0v) is 34.9. The van der Waals surface area contributed by atoms with Crippen molar-refractivity contribution in [1.29, 1.82) is 0 Å². The molecule has 2 aromatic carbocycles. The molecule has 0 bridgehead atoms. The van der Waals surface area contributed by atoms with Gasteiger partial charge in [0.1, 0.15) is 25.4 Å². The first-order valence-corrected chi connectivity index (χ1v) is 21.2. The van der Waals surface area contributed by atoms with Crippen LogP contribution in [0.5, 0.6) is 0 Å². The number of carbonyl (C=O) groups excluding carboxylic acids is 2. The average molecular weight is 816 g/mol. The van der Waals surface area contributed by atoms with Gasteiger partial charge < -0.3 is 46.1 Å². The summed E-state index contributed by atoms with van der Waals surface area (Å²) in [6.45, 7) is 0.276. The lowest BCUT2D eigenvalue weighted by Crippen LogP contribution is -2.58. The Morgan fingerprint density at radius 3 is 1.50 bits per heavy atom. The van der Waals surface area contributed by atoms with Crippen LogP contribution in [0.3, 0.4) is 0 Å². The van der Waals surface area contributed by atoms with E-state index < -0.39 is 56.9 Å². The smallest absolute Gasteiger partial charge is 0.241 e. The molecule has 7 N–H and O–H groups in total. The van der Waals surface area contributed by atoms with Gasteiger partial charge in [-0.3, -0.25) is 9.59 Å². The number of carbonyl (C=O) groups is 2. The highest BCUT2D eigenvalue weighted by atomic mass is 16.6.